The Morgan fingerprint density at radius 3 is 2.13 bits per heavy atom. The van der Waals surface area contributed by atoms with Gasteiger partial charge in [-0.25, -0.2) is 0 Å². The van der Waals surface area contributed by atoms with Crippen LogP contribution in [0.4, 0.5) is 0 Å². The summed E-state index contributed by atoms with van der Waals surface area (Å²) in [7, 11) is 2.96. The summed E-state index contributed by atoms with van der Waals surface area (Å²) >= 11 is 0. The molecule has 0 spiro atoms. The van der Waals surface area contributed by atoms with E-state index in [4.69, 9.17) is 23.1 Å². The third-order valence-corrected chi connectivity index (χ3v) is 12.5. The highest BCUT2D eigenvalue weighted by molar-refractivity contribution is 7.87. The van der Waals surface area contributed by atoms with Gasteiger partial charge in [0.15, 0.2) is 23.0 Å². The quantitative estimate of drug-likeness (QED) is 0.173. The number of likely N-dealkylation sites (N-methyl/N-ethyl adjacent to an activating group) is 2. The summed E-state index contributed by atoms with van der Waals surface area (Å²) in [5.74, 6) is 2.75. The highest BCUT2D eigenvalue weighted by Gasteiger charge is 2.36. The third kappa shape index (κ3) is 7.13. The van der Waals surface area contributed by atoms with Gasteiger partial charge >= 0.3 is 10.1 Å². The van der Waals surface area contributed by atoms with E-state index in [1.165, 1.54) is 19.2 Å². The monoisotopic (exact) mass is 762 g/mol. The average molecular weight is 763 g/mol. The lowest BCUT2D eigenvalue weighted by atomic mass is 9.86. The Labute approximate surface area is 322 Å². The van der Waals surface area contributed by atoms with Gasteiger partial charge in [-0.05, 0) is 129 Å². The Morgan fingerprint density at radius 1 is 0.745 bits per heavy atom. The van der Waals surface area contributed by atoms with Crippen molar-refractivity contribution < 1.29 is 36.7 Å². The van der Waals surface area contributed by atoms with Crippen molar-refractivity contribution >= 4 is 10.1 Å². The Bertz CT molecular complexity index is 2340. The molecule has 0 saturated carbocycles. The van der Waals surface area contributed by atoms with Gasteiger partial charge in [0.2, 0.25) is 5.75 Å². The van der Waals surface area contributed by atoms with Gasteiger partial charge in [-0.15, -0.1) is 0 Å². The van der Waals surface area contributed by atoms with Crippen molar-refractivity contribution in [3.63, 3.8) is 0 Å². The summed E-state index contributed by atoms with van der Waals surface area (Å²) in [6.07, 6.45) is 2.73. The molecule has 0 unspecified atom stereocenters. The van der Waals surface area contributed by atoms with Crippen LogP contribution in [0.25, 0.3) is 0 Å². The van der Waals surface area contributed by atoms with Gasteiger partial charge < -0.3 is 28.2 Å². The summed E-state index contributed by atoms with van der Waals surface area (Å²) < 4.78 is 59.3. The van der Waals surface area contributed by atoms with Crippen LogP contribution >= 0.6 is 0 Å². The molecule has 5 aromatic rings. The van der Waals surface area contributed by atoms with Crippen molar-refractivity contribution in [2.45, 2.75) is 56.2 Å². The van der Waals surface area contributed by atoms with Crippen LogP contribution in [0.15, 0.2) is 89.8 Å². The number of hydrogen-bond acceptors (Lipinski definition) is 10. The molecular weight excluding hydrogens is 717 g/mol. The summed E-state index contributed by atoms with van der Waals surface area (Å²) in [4.78, 5) is 4.59. The maximum Gasteiger partial charge on any atom is 0.339 e. The molecule has 4 heterocycles. The van der Waals surface area contributed by atoms with Crippen molar-refractivity contribution in [3.05, 3.63) is 129 Å². The summed E-state index contributed by atoms with van der Waals surface area (Å²) in [6.45, 7) is 3.22. The van der Waals surface area contributed by atoms with E-state index in [0.29, 0.717) is 41.4 Å². The smallest absolute Gasteiger partial charge is 0.339 e. The standard InChI is InChI=1S/C44H46N2O8S/c1-27-6-13-34(14-7-27)55(48,49)54-43-41(51-5)24-31-17-19-46(3)37-21-29-10-15-38(50-4)40(22-29)52-33-11-8-28(9-12-33)20-36-35-25-39(53-44(43)42(31)37)32(26-47)23-30(35)16-18-45(36)2/h6-15,22-25,36-37,47H,16-21,26H2,1-5H3/t36-,37-/m0/s1. The van der Waals surface area contributed by atoms with Crippen LogP contribution in [0.5, 0.6) is 40.2 Å². The SMILES string of the molecule is COc1ccc2cc1Oc1ccc(cc1)C[C@H]1c3cc(c(CO)cc3CCN1C)Oc1c(OS(=O)(=O)c3ccc(C)cc3)c(OC)cc3c1[C@H](C2)N(C)CC3. The van der Waals surface area contributed by atoms with E-state index < -0.39 is 10.1 Å². The van der Waals surface area contributed by atoms with Crippen LogP contribution in [0.1, 0.15) is 56.6 Å². The van der Waals surface area contributed by atoms with E-state index >= 15 is 0 Å². The number of aryl methyl sites for hydroxylation is 1. The Balaban J connectivity index is 1.38. The molecule has 0 aromatic heterocycles. The fourth-order valence-electron chi connectivity index (χ4n) is 8.08. The molecule has 55 heavy (non-hydrogen) atoms. The van der Waals surface area contributed by atoms with Crippen LogP contribution in [0, 0.1) is 6.92 Å². The van der Waals surface area contributed by atoms with Crippen LogP contribution < -0.4 is 23.1 Å². The van der Waals surface area contributed by atoms with Crippen LogP contribution in [-0.2, 0) is 42.4 Å². The lowest BCUT2D eigenvalue weighted by Gasteiger charge is -2.37. The number of hydrogen-bond donors (Lipinski definition) is 1. The minimum atomic E-state index is -4.34. The molecule has 4 aliphatic heterocycles. The number of benzene rings is 5. The number of aliphatic hydroxyl groups is 1. The van der Waals surface area contributed by atoms with E-state index in [0.717, 1.165) is 64.9 Å². The van der Waals surface area contributed by atoms with Crippen molar-refractivity contribution in [1.29, 1.82) is 0 Å². The first-order valence-corrected chi connectivity index (χ1v) is 20.0. The summed E-state index contributed by atoms with van der Waals surface area (Å²) in [6, 6.07) is 26.3. The fourth-order valence-corrected chi connectivity index (χ4v) is 9.02. The molecule has 2 atom stereocenters. The number of aliphatic hydroxyl groups excluding tert-OH is 1. The number of ether oxygens (including phenoxy) is 4. The maximum absolute atomic E-state index is 14.1. The molecule has 0 radical (unpaired) electrons. The lowest BCUT2D eigenvalue weighted by molar-refractivity contribution is 0.221. The van der Waals surface area contributed by atoms with Gasteiger partial charge in [0.1, 0.15) is 16.4 Å². The van der Waals surface area contributed by atoms with Gasteiger partial charge in [0, 0.05) is 36.3 Å². The molecule has 5 aromatic carbocycles. The Kier molecular flexibility index (Phi) is 9.98. The van der Waals surface area contributed by atoms with E-state index in [2.05, 4.69) is 36.0 Å². The second-order valence-corrected chi connectivity index (χ2v) is 16.3. The topological polar surface area (TPSA) is 107 Å². The molecule has 6 bridgehead atoms. The van der Waals surface area contributed by atoms with Gasteiger partial charge in [-0.3, -0.25) is 9.80 Å². The normalized spacial score (nSPS) is 18.3. The summed E-state index contributed by atoms with van der Waals surface area (Å²) in [5, 5.41) is 10.8. The molecule has 0 saturated heterocycles. The molecule has 1 N–H and O–H groups in total. The highest BCUT2D eigenvalue weighted by Crippen LogP contribution is 2.52. The largest absolute Gasteiger partial charge is 0.493 e. The number of fused-ring (bicyclic) bond motifs is 2. The molecule has 0 aliphatic carbocycles. The zero-order valence-corrected chi connectivity index (χ0v) is 32.6. The summed E-state index contributed by atoms with van der Waals surface area (Å²) in [5.41, 5.74) is 7.60. The van der Waals surface area contributed by atoms with Crippen molar-refractivity contribution in [1.82, 2.24) is 9.80 Å². The second kappa shape index (κ2) is 14.9. The van der Waals surface area contributed by atoms with Crippen molar-refractivity contribution in [2.75, 3.05) is 41.4 Å². The first-order valence-electron chi connectivity index (χ1n) is 18.6. The minimum absolute atomic E-state index is 0.00756. The molecular formula is C44H46N2O8S. The lowest BCUT2D eigenvalue weighted by Crippen LogP contribution is -2.34. The maximum atomic E-state index is 14.1. The Hall–Kier alpha value is -5.07. The van der Waals surface area contributed by atoms with Crippen molar-refractivity contribution in [2.24, 2.45) is 0 Å². The van der Waals surface area contributed by atoms with Gasteiger partial charge in [0.05, 0.1) is 20.8 Å². The third-order valence-electron chi connectivity index (χ3n) is 11.2. The molecule has 286 valence electrons. The predicted molar refractivity (Wildman–Crippen MR) is 209 cm³/mol. The van der Waals surface area contributed by atoms with E-state index in [-0.39, 0.29) is 40.8 Å². The molecule has 9 rings (SSSR count). The number of rotatable bonds is 6. The fraction of sp³-hybridized carbons (Fsp3) is 0.318. The van der Waals surface area contributed by atoms with E-state index in [1.807, 2.05) is 55.5 Å². The van der Waals surface area contributed by atoms with E-state index in [9.17, 15) is 13.5 Å². The minimum Gasteiger partial charge on any atom is -0.493 e. The second-order valence-electron chi connectivity index (χ2n) is 14.7. The average Bonchev–Trinajstić information content (AvgIpc) is 3.18. The number of methoxy groups -OCH3 is 2. The predicted octanol–water partition coefficient (Wildman–Crippen LogP) is 7.71. The van der Waals surface area contributed by atoms with Gasteiger partial charge in [-0.1, -0.05) is 35.9 Å². The van der Waals surface area contributed by atoms with Gasteiger partial charge in [-0.2, -0.15) is 8.42 Å². The van der Waals surface area contributed by atoms with Gasteiger partial charge in [0.25, 0.3) is 0 Å². The van der Waals surface area contributed by atoms with Crippen LogP contribution in [0.2, 0.25) is 0 Å². The highest BCUT2D eigenvalue weighted by atomic mass is 32.2. The first kappa shape index (κ1) is 36.9. The molecule has 0 amide bonds. The molecule has 11 heteroatoms. The van der Waals surface area contributed by atoms with E-state index in [1.54, 1.807) is 19.2 Å². The molecule has 10 nitrogen and oxygen atoms in total. The molecule has 0 fully saturated rings. The molecule has 4 aliphatic rings. The zero-order chi connectivity index (χ0) is 38.4. The zero-order valence-electron chi connectivity index (χ0n) is 31.8. The first-order chi connectivity index (χ1) is 26.5. The van der Waals surface area contributed by atoms with Crippen LogP contribution in [0.3, 0.4) is 0 Å². The number of nitrogens with zero attached hydrogens (tertiary/aromatic N) is 2. The van der Waals surface area contributed by atoms with Crippen LogP contribution in [-0.4, -0.2) is 64.7 Å². The van der Waals surface area contributed by atoms with Crippen molar-refractivity contribution in [3.8, 4) is 40.2 Å². The Morgan fingerprint density at radius 2 is 1.42 bits per heavy atom.